The highest BCUT2D eigenvalue weighted by atomic mass is 16.4. The Bertz CT molecular complexity index is 551. The van der Waals surface area contributed by atoms with E-state index in [1.807, 2.05) is 37.3 Å². The van der Waals surface area contributed by atoms with Crippen molar-refractivity contribution >= 4 is 16.7 Å². The van der Waals surface area contributed by atoms with Gasteiger partial charge in [0.05, 0.1) is 6.42 Å². The Balaban J connectivity index is 2.34. The minimum absolute atomic E-state index is 0.103. The summed E-state index contributed by atoms with van der Waals surface area (Å²) in [6, 6.07) is 14.1. The fourth-order valence-electron chi connectivity index (χ4n) is 2.15. The summed E-state index contributed by atoms with van der Waals surface area (Å²) < 4.78 is 0. The van der Waals surface area contributed by atoms with Gasteiger partial charge in [0.2, 0.25) is 0 Å². The fourth-order valence-corrected chi connectivity index (χ4v) is 2.15. The van der Waals surface area contributed by atoms with Crippen molar-refractivity contribution in [2.45, 2.75) is 19.4 Å². The predicted molar refractivity (Wildman–Crippen MR) is 72.6 cm³/mol. The minimum Gasteiger partial charge on any atom is -0.481 e. The Labute approximate surface area is 106 Å². The first kappa shape index (κ1) is 12.6. The molecule has 0 bridgehead atoms. The zero-order valence-corrected chi connectivity index (χ0v) is 10.4. The van der Waals surface area contributed by atoms with Gasteiger partial charge in [0.15, 0.2) is 0 Å². The molecular formula is C15H17NO2. The van der Waals surface area contributed by atoms with Gasteiger partial charge in [-0.3, -0.25) is 4.79 Å². The van der Waals surface area contributed by atoms with Gasteiger partial charge in [-0.25, -0.2) is 0 Å². The third-order valence-corrected chi connectivity index (χ3v) is 3.01. The molecule has 1 unspecified atom stereocenters. The summed E-state index contributed by atoms with van der Waals surface area (Å²) in [4.78, 5) is 10.9. The van der Waals surface area contributed by atoms with Crippen molar-refractivity contribution < 1.29 is 9.90 Å². The molecule has 0 aliphatic carbocycles. The third-order valence-electron chi connectivity index (χ3n) is 3.01. The lowest BCUT2D eigenvalue weighted by Crippen LogP contribution is -2.23. The standard InChI is InChI=1S/C15H17NO2/c1-2-16-14(10-15(17)18)13-8-7-11-5-3-4-6-12(11)9-13/h3-9,14,16H,2,10H2,1H3,(H,17,18). The van der Waals surface area contributed by atoms with Crippen molar-refractivity contribution in [1.29, 1.82) is 0 Å². The van der Waals surface area contributed by atoms with Crippen molar-refractivity contribution in [2.24, 2.45) is 0 Å². The second kappa shape index (κ2) is 5.65. The van der Waals surface area contributed by atoms with Crippen LogP contribution in [-0.4, -0.2) is 17.6 Å². The molecule has 18 heavy (non-hydrogen) atoms. The molecule has 2 aromatic carbocycles. The second-order valence-corrected chi connectivity index (χ2v) is 4.31. The molecule has 0 aliphatic heterocycles. The number of aliphatic carboxylic acids is 1. The molecule has 0 aromatic heterocycles. The topological polar surface area (TPSA) is 49.3 Å². The van der Waals surface area contributed by atoms with Gasteiger partial charge in [0.25, 0.3) is 0 Å². The number of hydrogen-bond acceptors (Lipinski definition) is 2. The van der Waals surface area contributed by atoms with Gasteiger partial charge in [-0.1, -0.05) is 43.3 Å². The lowest BCUT2D eigenvalue weighted by molar-refractivity contribution is -0.137. The molecule has 0 aliphatic rings. The summed E-state index contributed by atoms with van der Waals surface area (Å²) in [6.45, 7) is 2.74. The maximum Gasteiger partial charge on any atom is 0.305 e. The van der Waals surface area contributed by atoms with Gasteiger partial charge in [0, 0.05) is 6.04 Å². The molecule has 3 nitrogen and oxygen atoms in total. The lowest BCUT2D eigenvalue weighted by atomic mass is 10.00. The van der Waals surface area contributed by atoms with Gasteiger partial charge in [-0.05, 0) is 28.9 Å². The number of benzene rings is 2. The van der Waals surface area contributed by atoms with Crippen molar-refractivity contribution in [3.63, 3.8) is 0 Å². The van der Waals surface area contributed by atoms with Crippen LogP contribution in [0.2, 0.25) is 0 Å². The Morgan fingerprint density at radius 1 is 1.22 bits per heavy atom. The van der Waals surface area contributed by atoms with E-state index in [0.29, 0.717) is 0 Å². The highest BCUT2D eigenvalue weighted by Crippen LogP contribution is 2.22. The number of carboxylic acids is 1. The van der Waals surface area contributed by atoms with Crippen molar-refractivity contribution in [3.05, 3.63) is 48.0 Å². The number of carboxylic acid groups (broad SMARTS) is 1. The van der Waals surface area contributed by atoms with E-state index in [-0.39, 0.29) is 12.5 Å². The van der Waals surface area contributed by atoms with Crippen LogP contribution in [0, 0.1) is 0 Å². The van der Waals surface area contributed by atoms with E-state index in [2.05, 4.69) is 17.4 Å². The molecule has 0 radical (unpaired) electrons. The van der Waals surface area contributed by atoms with Gasteiger partial charge in [0.1, 0.15) is 0 Å². The molecule has 2 aromatic rings. The van der Waals surface area contributed by atoms with E-state index in [1.54, 1.807) is 0 Å². The molecule has 2 N–H and O–H groups in total. The lowest BCUT2D eigenvalue weighted by Gasteiger charge is -2.16. The molecule has 0 fully saturated rings. The summed E-state index contributed by atoms with van der Waals surface area (Å²) in [5.41, 5.74) is 1.03. The van der Waals surface area contributed by atoms with E-state index < -0.39 is 5.97 Å². The molecule has 0 saturated carbocycles. The molecule has 3 heteroatoms. The Kier molecular flexibility index (Phi) is 3.95. The smallest absolute Gasteiger partial charge is 0.305 e. The largest absolute Gasteiger partial charge is 0.481 e. The molecule has 94 valence electrons. The Morgan fingerprint density at radius 2 is 1.94 bits per heavy atom. The van der Waals surface area contributed by atoms with Gasteiger partial charge < -0.3 is 10.4 Å². The molecule has 0 spiro atoms. The molecule has 0 heterocycles. The van der Waals surface area contributed by atoms with E-state index in [1.165, 1.54) is 5.39 Å². The highest BCUT2D eigenvalue weighted by molar-refractivity contribution is 5.83. The van der Waals surface area contributed by atoms with E-state index in [4.69, 9.17) is 5.11 Å². The molecular weight excluding hydrogens is 226 g/mol. The van der Waals surface area contributed by atoms with Crippen LogP contribution < -0.4 is 5.32 Å². The maximum absolute atomic E-state index is 10.9. The van der Waals surface area contributed by atoms with Gasteiger partial charge in [-0.15, -0.1) is 0 Å². The Morgan fingerprint density at radius 3 is 2.61 bits per heavy atom. The molecule has 0 amide bonds. The summed E-state index contributed by atoms with van der Waals surface area (Å²) >= 11 is 0. The van der Waals surface area contributed by atoms with Crippen molar-refractivity contribution in [1.82, 2.24) is 5.32 Å². The third kappa shape index (κ3) is 2.87. The Hall–Kier alpha value is -1.87. The van der Waals surface area contributed by atoms with Crippen LogP contribution in [0.1, 0.15) is 24.9 Å². The SMILES string of the molecule is CCNC(CC(=O)O)c1ccc2ccccc2c1. The van der Waals surface area contributed by atoms with Crippen LogP contribution >= 0.6 is 0 Å². The number of hydrogen-bond donors (Lipinski definition) is 2. The van der Waals surface area contributed by atoms with Crippen LogP contribution in [0.3, 0.4) is 0 Å². The zero-order valence-electron chi connectivity index (χ0n) is 10.4. The van der Waals surface area contributed by atoms with Crippen molar-refractivity contribution in [3.8, 4) is 0 Å². The normalized spacial score (nSPS) is 12.5. The summed E-state index contributed by atoms with van der Waals surface area (Å²) in [5.74, 6) is -0.783. The van der Waals surface area contributed by atoms with E-state index in [9.17, 15) is 4.79 Å². The molecule has 1 atom stereocenters. The minimum atomic E-state index is -0.783. The first-order valence-electron chi connectivity index (χ1n) is 6.14. The van der Waals surface area contributed by atoms with E-state index >= 15 is 0 Å². The number of nitrogens with one attached hydrogen (secondary N) is 1. The summed E-state index contributed by atoms with van der Waals surface area (Å²) in [7, 11) is 0. The number of rotatable bonds is 5. The summed E-state index contributed by atoms with van der Waals surface area (Å²) in [5, 5.41) is 14.5. The first-order valence-corrected chi connectivity index (χ1v) is 6.14. The number of carbonyl (C=O) groups is 1. The predicted octanol–water partition coefficient (Wildman–Crippen LogP) is 2.97. The average Bonchev–Trinajstić information content (AvgIpc) is 2.37. The maximum atomic E-state index is 10.9. The molecule has 2 rings (SSSR count). The average molecular weight is 243 g/mol. The van der Waals surface area contributed by atoms with Crippen LogP contribution in [0.4, 0.5) is 0 Å². The fraction of sp³-hybridized carbons (Fsp3) is 0.267. The number of fused-ring (bicyclic) bond motifs is 1. The second-order valence-electron chi connectivity index (χ2n) is 4.31. The zero-order chi connectivity index (χ0) is 13.0. The van der Waals surface area contributed by atoms with Crippen molar-refractivity contribution in [2.75, 3.05) is 6.54 Å². The van der Waals surface area contributed by atoms with Crippen LogP contribution in [0.25, 0.3) is 10.8 Å². The van der Waals surface area contributed by atoms with Crippen LogP contribution in [0.15, 0.2) is 42.5 Å². The van der Waals surface area contributed by atoms with Gasteiger partial charge >= 0.3 is 5.97 Å². The van der Waals surface area contributed by atoms with Gasteiger partial charge in [-0.2, -0.15) is 0 Å². The molecule has 0 saturated heterocycles. The van der Waals surface area contributed by atoms with E-state index in [0.717, 1.165) is 17.5 Å². The highest BCUT2D eigenvalue weighted by Gasteiger charge is 2.14. The quantitative estimate of drug-likeness (QED) is 0.848. The summed E-state index contributed by atoms with van der Waals surface area (Å²) in [6.07, 6.45) is 0.103. The first-order chi connectivity index (χ1) is 8.70. The van der Waals surface area contributed by atoms with Crippen LogP contribution in [-0.2, 0) is 4.79 Å². The van der Waals surface area contributed by atoms with Crippen LogP contribution in [0.5, 0.6) is 0 Å². The monoisotopic (exact) mass is 243 g/mol.